The van der Waals surface area contributed by atoms with Crippen LogP contribution < -0.4 is 0 Å². The highest BCUT2D eigenvalue weighted by Gasteiger charge is 2.03. The maximum absolute atomic E-state index is 8.45. The van der Waals surface area contributed by atoms with Crippen LogP contribution in [0.3, 0.4) is 0 Å². The van der Waals surface area contributed by atoms with Gasteiger partial charge in [0.1, 0.15) is 0 Å². The topological polar surface area (TPSA) is 23.8 Å². The van der Waals surface area contributed by atoms with E-state index < -0.39 is 0 Å². The summed E-state index contributed by atoms with van der Waals surface area (Å²) >= 11 is 0. The largest absolute Gasteiger partial charge is 0.198 e. The minimum Gasteiger partial charge on any atom is -0.198 e. The summed E-state index contributed by atoms with van der Waals surface area (Å²) in [6.45, 7) is 6.05. The Morgan fingerprint density at radius 2 is 2.18 bits per heavy atom. The van der Waals surface area contributed by atoms with Crippen LogP contribution in [0, 0.1) is 17.2 Å². The molecular weight excluding hydrogens is 134 g/mol. The molecule has 1 aliphatic rings. The van der Waals surface area contributed by atoms with E-state index in [0.717, 1.165) is 6.42 Å². The Morgan fingerprint density at radius 3 is 2.55 bits per heavy atom. The number of nitrogens with zero attached hydrogens (tertiary/aromatic N) is 1. The zero-order chi connectivity index (χ0) is 8.69. The third-order valence-corrected chi connectivity index (χ3v) is 1.45. The Bertz CT molecular complexity index is 193. The average molecular weight is 149 g/mol. The normalized spacial score (nSPS) is 20.9. The smallest absolute Gasteiger partial charge is 0.0700 e. The van der Waals surface area contributed by atoms with Gasteiger partial charge in [-0.1, -0.05) is 37.6 Å². The van der Waals surface area contributed by atoms with E-state index >= 15 is 0 Å². The summed E-state index contributed by atoms with van der Waals surface area (Å²) in [5, 5.41) is 8.45. The molecule has 0 aliphatic heterocycles. The first-order chi connectivity index (χ1) is 5.33. The molecule has 0 heterocycles. The molecule has 1 unspecified atom stereocenters. The fraction of sp³-hybridized carbons (Fsp3) is 0.500. The molecule has 0 amide bonds. The summed E-state index contributed by atoms with van der Waals surface area (Å²) in [6.07, 6.45) is 6.93. The van der Waals surface area contributed by atoms with E-state index in [4.69, 9.17) is 5.26 Å². The van der Waals surface area contributed by atoms with E-state index in [1.807, 2.05) is 32.9 Å². The van der Waals surface area contributed by atoms with Crippen LogP contribution >= 0.6 is 0 Å². The summed E-state index contributed by atoms with van der Waals surface area (Å²) in [6, 6.07) is 2.19. The van der Waals surface area contributed by atoms with Crippen molar-refractivity contribution in [3.8, 4) is 6.07 Å². The minimum absolute atomic E-state index is 0.119. The van der Waals surface area contributed by atoms with Gasteiger partial charge in [0.25, 0.3) is 0 Å². The quantitative estimate of drug-likeness (QED) is 0.519. The molecule has 0 radical (unpaired) electrons. The zero-order valence-electron chi connectivity index (χ0n) is 7.46. The fourth-order valence-electron chi connectivity index (χ4n) is 0.823. The van der Waals surface area contributed by atoms with E-state index in [2.05, 4.69) is 12.1 Å². The van der Waals surface area contributed by atoms with E-state index in [9.17, 15) is 0 Å². The monoisotopic (exact) mass is 149 g/mol. The van der Waals surface area contributed by atoms with Crippen molar-refractivity contribution in [1.29, 1.82) is 5.26 Å². The molecule has 0 fully saturated rings. The van der Waals surface area contributed by atoms with Crippen LogP contribution in [0.1, 0.15) is 27.2 Å². The second-order valence-corrected chi connectivity index (χ2v) is 2.28. The van der Waals surface area contributed by atoms with Crippen LogP contribution in [-0.2, 0) is 0 Å². The molecule has 1 heteroatoms. The molecule has 0 saturated carbocycles. The molecule has 0 spiro atoms. The van der Waals surface area contributed by atoms with E-state index in [1.165, 1.54) is 5.57 Å². The van der Waals surface area contributed by atoms with Crippen molar-refractivity contribution >= 4 is 0 Å². The Morgan fingerprint density at radius 1 is 1.55 bits per heavy atom. The number of rotatable bonds is 0. The summed E-state index contributed by atoms with van der Waals surface area (Å²) < 4.78 is 0. The van der Waals surface area contributed by atoms with Crippen LogP contribution in [0.5, 0.6) is 0 Å². The van der Waals surface area contributed by atoms with Gasteiger partial charge in [0.05, 0.1) is 12.0 Å². The van der Waals surface area contributed by atoms with Crippen LogP contribution in [0.15, 0.2) is 23.8 Å². The average Bonchev–Trinajstić information content (AvgIpc) is 2.10. The van der Waals surface area contributed by atoms with Crippen molar-refractivity contribution in [1.82, 2.24) is 0 Å². The molecule has 0 N–H and O–H groups in total. The molecule has 0 aromatic carbocycles. The van der Waals surface area contributed by atoms with Gasteiger partial charge in [0.15, 0.2) is 0 Å². The van der Waals surface area contributed by atoms with Gasteiger partial charge in [-0.25, -0.2) is 0 Å². The number of allylic oxidation sites excluding steroid dienone is 4. The first kappa shape index (κ1) is 9.97. The van der Waals surface area contributed by atoms with Crippen molar-refractivity contribution in [2.24, 2.45) is 5.92 Å². The van der Waals surface area contributed by atoms with Crippen LogP contribution in [0.2, 0.25) is 0 Å². The molecule has 0 aromatic rings. The van der Waals surface area contributed by atoms with Gasteiger partial charge in [-0.3, -0.25) is 0 Å². The predicted molar refractivity (Wildman–Crippen MR) is 48.0 cm³/mol. The molecule has 60 valence electrons. The molecule has 0 aromatic heterocycles. The lowest BCUT2D eigenvalue weighted by Crippen LogP contribution is -1.93. The summed E-state index contributed by atoms with van der Waals surface area (Å²) in [7, 11) is 0. The van der Waals surface area contributed by atoms with Crippen LogP contribution in [-0.4, -0.2) is 0 Å². The van der Waals surface area contributed by atoms with Gasteiger partial charge < -0.3 is 0 Å². The molecule has 0 bridgehead atoms. The van der Waals surface area contributed by atoms with Crippen LogP contribution in [0.4, 0.5) is 0 Å². The maximum atomic E-state index is 8.45. The van der Waals surface area contributed by atoms with E-state index in [1.54, 1.807) is 0 Å². The highest BCUT2D eigenvalue weighted by atomic mass is 14.3. The SMILES string of the molecule is CC.CC1=CCC(C#N)C=C1. The molecular formula is C10H15N. The van der Waals surface area contributed by atoms with Gasteiger partial charge in [-0.15, -0.1) is 0 Å². The standard InChI is InChI=1S/C8H9N.C2H6/c1-7-2-4-8(6-9)5-3-7;1-2/h2-4,8H,5H2,1H3;1-2H3. The summed E-state index contributed by atoms with van der Waals surface area (Å²) in [5.74, 6) is 0.119. The lowest BCUT2D eigenvalue weighted by Gasteiger charge is -2.04. The van der Waals surface area contributed by atoms with Crippen molar-refractivity contribution < 1.29 is 0 Å². The second kappa shape index (κ2) is 5.73. The second-order valence-electron chi connectivity index (χ2n) is 2.28. The van der Waals surface area contributed by atoms with Crippen molar-refractivity contribution in [2.45, 2.75) is 27.2 Å². The van der Waals surface area contributed by atoms with Crippen molar-refractivity contribution in [3.05, 3.63) is 23.8 Å². The first-order valence-electron chi connectivity index (χ1n) is 4.07. The maximum Gasteiger partial charge on any atom is 0.0700 e. The lowest BCUT2D eigenvalue weighted by atomic mass is 9.99. The third-order valence-electron chi connectivity index (χ3n) is 1.45. The summed E-state index contributed by atoms with van der Waals surface area (Å²) in [4.78, 5) is 0. The van der Waals surface area contributed by atoms with Gasteiger partial charge in [-0.2, -0.15) is 5.26 Å². The van der Waals surface area contributed by atoms with Gasteiger partial charge in [0, 0.05) is 0 Å². The highest BCUT2D eigenvalue weighted by Crippen LogP contribution is 2.14. The number of hydrogen-bond donors (Lipinski definition) is 0. The number of hydrogen-bond acceptors (Lipinski definition) is 1. The third kappa shape index (κ3) is 3.62. The molecule has 1 atom stereocenters. The zero-order valence-corrected chi connectivity index (χ0v) is 7.46. The lowest BCUT2D eigenvalue weighted by molar-refractivity contribution is 0.829. The van der Waals surface area contributed by atoms with Crippen molar-refractivity contribution in [2.75, 3.05) is 0 Å². The number of nitriles is 1. The molecule has 1 rings (SSSR count). The van der Waals surface area contributed by atoms with Gasteiger partial charge in [-0.05, 0) is 13.3 Å². The Hall–Kier alpha value is -1.03. The molecule has 0 saturated heterocycles. The summed E-state index contributed by atoms with van der Waals surface area (Å²) in [5.41, 5.74) is 1.27. The van der Waals surface area contributed by atoms with Crippen molar-refractivity contribution in [3.63, 3.8) is 0 Å². The van der Waals surface area contributed by atoms with Gasteiger partial charge in [0.2, 0.25) is 0 Å². The van der Waals surface area contributed by atoms with E-state index in [0.29, 0.717) is 0 Å². The van der Waals surface area contributed by atoms with Gasteiger partial charge >= 0.3 is 0 Å². The Kier molecular flexibility index (Phi) is 5.20. The Labute approximate surface area is 69.0 Å². The predicted octanol–water partition coefficient (Wildman–Crippen LogP) is 3.06. The van der Waals surface area contributed by atoms with E-state index in [-0.39, 0.29) is 5.92 Å². The Balaban J connectivity index is 0.000000461. The highest BCUT2D eigenvalue weighted by molar-refractivity contribution is 5.23. The molecule has 11 heavy (non-hydrogen) atoms. The fourth-order valence-corrected chi connectivity index (χ4v) is 0.823. The minimum atomic E-state index is 0.119. The molecule has 1 aliphatic carbocycles. The molecule has 1 nitrogen and oxygen atoms in total. The first-order valence-corrected chi connectivity index (χ1v) is 4.07. The van der Waals surface area contributed by atoms with Crippen LogP contribution in [0.25, 0.3) is 0 Å².